The van der Waals surface area contributed by atoms with E-state index in [0.717, 1.165) is 17.3 Å². The van der Waals surface area contributed by atoms with Crippen molar-refractivity contribution >= 4 is 11.6 Å². The van der Waals surface area contributed by atoms with E-state index >= 15 is 0 Å². The number of imidazole rings is 1. The summed E-state index contributed by atoms with van der Waals surface area (Å²) in [4.78, 5) is 4.68. The van der Waals surface area contributed by atoms with Gasteiger partial charge in [0.2, 0.25) is 5.95 Å². The first-order valence-corrected chi connectivity index (χ1v) is 7.91. The predicted octanol–water partition coefficient (Wildman–Crippen LogP) is 5.08. The lowest BCUT2D eigenvalue weighted by Gasteiger charge is -2.36. The normalized spacial score (nSPS) is 21.2. The van der Waals surface area contributed by atoms with Gasteiger partial charge in [0.1, 0.15) is 0 Å². The molecule has 3 nitrogen and oxygen atoms in total. The molecule has 1 aliphatic rings. The Morgan fingerprint density at radius 2 is 2.00 bits per heavy atom. The number of rotatable bonds is 3. The Balaban J connectivity index is 1.85. The fraction of sp³-hybridized carbons (Fsp3) is 0.500. The van der Waals surface area contributed by atoms with Crippen molar-refractivity contribution in [3.63, 3.8) is 0 Å². The number of anilines is 2. The van der Waals surface area contributed by atoms with Crippen LogP contribution < -0.4 is 5.32 Å². The van der Waals surface area contributed by atoms with Gasteiger partial charge in [-0.05, 0) is 43.7 Å². The summed E-state index contributed by atoms with van der Waals surface area (Å²) in [6.07, 6.45) is 7.31. The van der Waals surface area contributed by atoms with E-state index in [2.05, 4.69) is 54.0 Å². The molecule has 0 amide bonds. The molecule has 1 aliphatic carbocycles. The summed E-state index contributed by atoms with van der Waals surface area (Å²) in [7, 11) is 0. The minimum absolute atomic E-state index is 0.436. The van der Waals surface area contributed by atoms with Crippen LogP contribution in [0.5, 0.6) is 0 Å². The van der Waals surface area contributed by atoms with Crippen molar-refractivity contribution in [1.82, 2.24) is 9.55 Å². The molecule has 1 aromatic heterocycles. The number of para-hydroxylation sites is 1. The van der Waals surface area contributed by atoms with Crippen LogP contribution in [-0.4, -0.2) is 9.55 Å². The molecule has 0 radical (unpaired) electrons. The SMILES string of the molecule is Cc1cn(C2CCCC(C)(C)C2)c(Nc2ccccc2)n1. The summed E-state index contributed by atoms with van der Waals surface area (Å²) < 4.78 is 2.35. The Hall–Kier alpha value is -1.77. The molecule has 1 fully saturated rings. The van der Waals surface area contributed by atoms with Crippen molar-refractivity contribution < 1.29 is 0 Å². The smallest absolute Gasteiger partial charge is 0.207 e. The summed E-state index contributed by atoms with van der Waals surface area (Å²) in [5, 5.41) is 3.47. The van der Waals surface area contributed by atoms with Crippen molar-refractivity contribution in [2.45, 2.75) is 52.5 Å². The Kier molecular flexibility index (Phi) is 3.75. The number of nitrogens with one attached hydrogen (secondary N) is 1. The Morgan fingerprint density at radius 1 is 1.24 bits per heavy atom. The van der Waals surface area contributed by atoms with Crippen LogP contribution >= 0.6 is 0 Å². The molecule has 1 N–H and O–H groups in total. The predicted molar refractivity (Wildman–Crippen MR) is 88.0 cm³/mol. The highest BCUT2D eigenvalue weighted by atomic mass is 15.2. The highest BCUT2D eigenvalue weighted by molar-refractivity contribution is 5.53. The number of hydrogen-bond acceptors (Lipinski definition) is 2. The van der Waals surface area contributed by atoms with Gasteiger partial charge in [0.15, 0.2) is 0 Å². The van der Waals surface area contributed by atoms with E-state index in [1.54, 1.807) is 0 Å². The van der Waals surface area contributed by atoms with Gasteiger partial charge in [-0.2, -0.15) is 0 Å². The molecule has 21 heavy (non-hydrogen) atoms. The molecule has 0 aliphatic heterocycles. The zero-order chi connectivity index (χ0) is 14.9. The zero-order valence-electron chi connectivity index (χ0n) is 13.3. The van der Waals surface area contributed by atoms with E-state index in [0.29, 0.717) is 11.5 Å². The highest BCUT2D eigenvalue weighted by Crippen LogP contribution is 2.42. The highest BCUT2D eigenvalue weighted by Gasteiger charge is 2.30. The van der Waals surface area contributed by atoms with Crippen LogP contribution in [0.15, 0.2) is 36.5 Å². The zero-order valence-corrected chi connectivity index (χ0v) is 13.3. The largest absolute Gasteiger partial charge is 0.326 e. The van der Waals surface area contributed by atoms with Crippen molar-refractivity contribution in [1.29, 1.82) is 0 Å². The maximum atomic E-state index is 4.68. The van der Waals surface area contributed by atoms with Crippen LogP contribution in [0.1, 0.15) is 51.3 Å². The first kappa shape index (κ1) is 14.2. The molecule has 1 atom stereocenters. The second kappa shape index (κ2) is 5.55. The van der Waals surface area contributed by atoms with Gasteiger partial charge >= 0.3 is 0 Å². The van der Waals surface area contributed by atoms with Crippen LogP contribution in [0.25, 0.3) is 0 Å². The van der Waals surface area contributed by atoms with Gasteiger partial charge in [0.25, 0.3) is 0 Å². The van der Waals surface area contributed by atoms with Crippen molar-refractivity contribution in [3.05, 3.63) is 42.2 Å². The molecule has 1 unspecified atom stereocenters. The molecular weight excluding hydrogens is 258 g/mol. The summed E-state index contributed by atoms with van der Waals surface area (Å²) in [6.45, 7) is 6.83. The summed E-state index contributed by atoms with van der Waals surface area (Å²) in [5.41, 5.74) is 2.61. The number of benzene rings is 1. The Labute approximate surface area is 127 Å². The molecular formula is C18H25N3. The molecule has 3 rings (SSSR count). The molecule has 1 saturated carbocycles. The molecule has 112 valence electrons. The molecule has 1 heterocycles. The quantitative estimate of drug-likeness (QED) is 0.851. The monoisotopic (exact) mass is 283 g/mol. The summed E-state index contributed by atoms with van der Waals surface area (Å²) in [5.74, 6) is 0.974. The lowest BCUT2D eigenvalue weighted by Crippen LogP contribution is -2.25. The third-order valence-corrected chi connectivity index (χ3v) is 4.46. The second-order valence-electron chi connectivity index (χ2n) is 7.02. The lowest BCUT2D eigenvalue weighted by atomic mass is 9.75. The fourth-order valence-corrected chi connectivity index (χ4v) is 3.43. The van der Waals surface area contributed by atoms with Gasteiger partial charge in [-0.1, -0.05) is 38.5 Å². The molecule has 1 aromatic carbocycles. The van der Waals surface area contributed by atoms with E-state index in [4.69, 9.17) is 0 Å². The first-order chi connectivity index (χ1) is 10.0. The maximum Gasteiger partial charge on any atom is 0.207 e. The standard InChI is InChI=1S/C18H25N3/c1-14-13-21(16-10-7-11-18(2,3)12-16)17(19-14)20-15-8-5-4-6-9-15/h4-6,8-9,13,16H,7,10-12H2,1-3H3,(H,19,20). The van der Waals surface area contributed by atoms with E-state index in [1.165, 1.54) is 25.7 Å². The fourth-order valence-electron chi connectivity index (χ4n) is 3.43. The van der Waals surface area contributed by atoms with Crippen molar-refractivity contribution in [2.75, 3.05) is 5.32 Å². The first-order valence-electron chi connectivity index (χ1n) is 7.91. The van der Waals surface area contributed by atoms with Crippen LogP contribution in [0, 0.1) is 12.3 Å². The van der Waals surface area contributed by atoms with Crippen molar-refractivity contribution in [2.24, 2.45) is 5.41 Å². The number of nitrogens with zero attached hydrogens (tertiary/aromatic N) is 2. The minimum Gasteiger partial charge on any atom is -0.326 e. The van der Waals surface area contributed by atoms with E-state index in [-0.39, 0.29) is 0 Å². The maximum absolute atomic E-state index is 4.68. The number of hydrogen-bond donors (Lipinski definition) is 1. The lowest BCUT2D eigenvalue weighted by molar-refractivity contribution is 0.184. The third-order valence-electron chi connectivity index (χ3n) is 4.46. The Bertz CT molecular complexity index is 598. The van der Waals surface area contributed by atoms with Crippen LogP contribution in [0.3, 0.4) is 0 Å². The topological polar surface area (TPSA) is 29.9 Å². The molecule has 0 bridgehead atoms. The van der Waals surface area contributed by atoms with Crippen LogP contribution in [-0.2, 0) is 0 Å². The average Bonchev–Trinajstić information content (AvgIpc) is 2.80. The van der Waals surface area contributed by atoms with Gasteiger partial charge in [-0.15, -0.1) is 0 Å². The van der Waals surface area contributed by atoms with Crippen molar-refractivity contribution in [3.8, 4) is 0 Å². The van der Waals surface area contributed by atoms with Gasteiger partial charge in [0, 0.05) is 17.9 Å². The molecule has 0 spiro atoms. The minimum atomic E-state index is 0.436. The van der Waals surface area contributed by atoms with E-state index in [9.17, 15) is 0 Å². The van der Waals surface area contributed by atoms with Crippen LogP contribution in [0.4, 0.5) is 11.6 Å². The van der Waals surface area contributed by atoms with Gasteiger partial charge < -0.3 is 9.88 Å². The summed E-state index contributed by atoms with van der Waals surface area (Å²) >= 11 is 0. The third kappa shape index (κ3) is 3.29. The molecule has 3 heteroatoms. The Morgan fingerprint density at radius 3 is 2.71 bits per heavy atom. The van der Waals surface area contributed by atoms with Gasteiger partial charge in [0.05, 0.1) is 5.69 Å². The molecule has 0 saturated heterocycles. The van der Waals surface area contributed by atoms with Gasteiger partial charge in [-0.3, -0.25) is 0 Å². The van der Waals surface area contributed by atoms with E-state index < -0.39 is 0 Å². The van der Waals surface area contributed by atoms with E-state index in [1.807, 2.05) is 18.2 Å². The molecule has 2 aromatic rings. The van der Waals surface area contributed by atoms with Gasteiger partial charge in [-0.25, -0.2) is 4.98 Å². The number of aromatic nitrogens is 2. The average molecular weight is 283 g/mol. The summed E-state index contributed by atoms with van der Waals surface area (Å²) in [6, 6.07) is 10.9. The van der Waals surface area contributed by atoms with Crippen LogP contribution in [0.2, 0.25) is 0 Å². The number of aryl methyl sites for hydroxylation is 1. The second-order valence-corrected chi connectivity index (χ2v) is 7.02.